The Hall–Kier alpha value is -3.23. The summed E-state index contributed by atoms with van der Waals surface area (Å²) in [5.41, 5.74) is -5.49. The van der Waals surface area contributed by atoms with Crippen molar-refractivity contribution in [3.63, 3.8) is 0 Å². The first-order valence-corrected chi connectivity index (χ1v) is 13.3. The van der Waals surface area contributed by atoms with Crippen LogP contribution in [-0.4, -0.2) is 49.3 Å². The van der Waals surface area contributed by atoms with Crippen molar-refractivity contribution < 1.29 is 53.6 Å². The Bertz CT molecular complexity index is 1280. The Balaban J connectivity index is 1.79. The van der Waals surface area contributed by atoms with Crippen molar-refractivity contribution in [3.8, 4) is 5.75 Å². The molecule has 0 amide bonds. The van der Waals surface area contributed by atoms with Crippen molar-refractivity contribution in [3.05, 3.63) is 84.9 Å². The van der Waals surface area contributed by atoms with E-state index in [1.807, 2.05) is 60.7 Å². The summed E-state index contributed by atoms with van der Waals surface area (Å²) in [6, 6.07) is 24.9. The molecule has 0 spiro atoms. The number of esters is 1. The second-order valence-corrected chi connectivity index (χ2v) is 11.2. The molecule has 0 saturated heterocycles. The molecule has 0 aliphatic carbocycles. The second-order valence-electron chi connectivity index (χ2n) is 7.72. The summed E-state index contributed by atoms with van der Waals surface area (Å²) in [5, 5.41) is 0. The van der Waals surface area contributed by atoms with E-state index in [1.54, 1.807) is 12.1 Å². The average Bonchev–Trinajstić information content (AvgIpc) is 2.82. The lowest BCUT2D eigenvalue weighted by atomic mass is 10.1. The molecule has 1 N–H and O–H groups in total. The van der Waals surface area contributed by atoms with Gasteiger partial charge in [-0.3, -0.25) is 4.55 Å². The summed E-state index contributed by atoms with van der Waals surface area (Å²) in [7, 11) is -6.43. The largest absolute Gasteiger partial charge is 0.482 e. The minimum Gasteiger partial charge on any atom is -0.482 e. The first kappa shape index (κ1) is 29.3. The Labute approximate surface area is 216 Å². The van der Waals surface area contributed by atoms with Crippen LogP contribution in [0.2, 0.25) is 0 Å². The van der Waals surface area contributed by atoms with Crippen molar-refractivity contribution in [2.24, 2.45) is 0 Å². The van der Waals surface area contributed by atoms with E-state index in [9.17, 15) is 39.6 Å². The molecule has 0 unspecified atom stereocenters. The van der Waals surface area contributed by atoms with Crippen molar-refractivity contribution in [2.75, 3.05) is 12.4 Å². The zero-order valence-electron chi connectivity index (χ0n) is 19.1. The molecule has 0 atom stereocenters. The fourth-order valence-electron chi connectivity index (χ4n) is 3.29. The van der Waals surface area contributed by atoms with Gasteiger partial charge in [0.2, 0.25) is 0 Å². The van der Waals surface area contributed by atoms with Gasteiger partial charge in [0.05, 0.1) is 10.9 Å². The minimum atomic E-state index is -6.41. The topological polar surface area (TPSA) is 89.9 Å². The molecule has 38 heavy (non-hydrogen) atoms. The lowest BCUT2D eigenvalue weighted by Gasteiger charge is -2.35. The van der Waals surface area contributed by atoms with Gasteiger partial charge in [-0.1, -0.05) is 36.4 Å². The highest BCUT2D eigenvalue weighted by Crippen LogP contribution is 2.47. The number of hydrogen-bond donors (Lipinski definition) is 1. The van der Waals surface area contributed by atoms with E-state index in [-0.39, 0.29) is 5.75 Å². The maximum Gasteiger partial charge on any atom is 0.438 e. The van der Waals surface area contributed by atoms with E-state index in [1.165, 1.54) is 12.1 Å². The van der Waals surface area contributed by atoms with E-state index < -0.39 is 57.3 Å². The molecule has 0 saturated carbocycles. The molecule has 0 bridgehead atoms. The predicted octanol–water partition coefficient (Wildman–Crippen LogP) is 5.46. The zero-order chi connectivity index (χ0) is 28.2. The normalized spacial score (nSPS) is 12.8. The van der Waals surface area contributed by atoms with Gasteiger partial charge in [0.1, 0.15) is 11.5 Å². The highest BCUT2D eigenvalue weighted by Gasteiger charge is 2.76. The molecular weight excluding hydrogens is 562 g/mol. The van der Waals surface area contributed by atoms with E-state index in [4.69, 9.17) is 9.29 Å². The van der Waals surface area contributed by atoms with Crippen LogP contribution in [0.1, 0.15) is 0 Å². The molecule has 204 valence electrons. The van der Waals surface area contributed by atoms with Crippen LogP contribution in [0, 0.1) is 0 Å². The highest BCUT2D eigenvalue weighted by molar-refractivity contribution is 7.97. The van der Waals surface area contributed by atoms with Gasteiger partial charge in [-0.25, -0.2) is 4.79 Å². The number of alkyl halides is 6. The average molecular weight is 582 g/mol. The third-order valence-electron chi connectivity index (χ3n) is 4.96. The first-order chi connectivity index (χ1) is 17.6. The number of carbonyl (C=O) groups is 1. The van der Waals surface area contributed by atoms with Gasteiger partial charge in [-0.2, -0.15) is 34.8 Å². The van der Waals surface area contributed by atoms with Gasteiger partial charge < -0.3 is 9.47 Å². The Kier molecular flexibility index (Phi) is 8.68. The van der Waals surface area contributed by atoms with E-state index >= 15 is 0 Å². The minimum absolute atomic E-state index is 0.0743. The van der Waals surface area contributed by atoms with Crippen molar-refractivity contribution in [2.45, 2.75) is 32.6 Å². The highest BCUT2D eigenvalue weighted by atomic mass is 32.2. The van der Waals surface area contributed by atoms with Crippen LogP contribution >= 0.6 is 0 Å². The molecule has 0 aliphatic rings. The van der Waals surface area contributed by atoms with Crippen LogP contribution in [0.25, 0.3) is 0 Å². The van der Waals surface area contributed by atoms with Crippen molar-refractivity contribution in [1.82, 2.24) is 0 Å². The standard InChI is InChI=1S/C24H18F6O6S2/c25-23(26,27)22(24(28,29)30,16-38(32,33)34)36-21(31)15-35-17-11-13-20(14-12-17)37(18-7-3-1-4-8-18)19-9-5-2-6-10-19/h1-14H,15-16H2/p+1. The molecule has 14 heteroatoms. The summed E-state index contributed by atoms with van der Waals surface area (Å²) in [6.45, 7) is -1.40. The van der Waals surface area contributed by atoms with Gasteiger partial charge in [-0.05, 0) is 48.5 Å². The van der Waals surface area contributed by atoms with Gasteiger partial charge in [0.15, 0.2) is 21.3 Å². The lowest BCUT2D eigenvalue weighted by molar-refractivity contribution is -0.361. The summed E-state index contributed by atoms with van der Waals surface area (Å²) < 4.78 is 119. The van der Waals surface area contributed by atoms with Gasteiger partial charge in [-0.15, -0.1) is 0 Å². The Morgan fingerprint density at radius 2 is 1.16 bits per heavy atom. The van der Waals surface area contributed by atoms with Crippen LogP contribution in [0.3, 0.4) is 0 Å². The zero-order valence-corrected chi connectivity index (χ0v) is 20.7. The predicted molar refractivity (Wildman–Crippen MR) is 124 cm³/mol. The second kappa shape index (κ2) is 11.3. The molecule has 3 aromatic rings. The smallest absolute Gasteiger partial charge is 0.438 e. The van der Waals surface area contributed by atoms with Gasteiger partial charge >= 0.3 is 23.9 Å². The third kappa shape index (κ3) is 6.99. The number of carbonyl (C=O) groups excluding carboxylic acids is 1. The third-order valence-corrected chi connectivity index (χ3v) is 7.97. The maximum atomic E-state index is 13.3. The van der Waals surface area contributed by atoms with Crippen LogP contribution in [0.15, 0.2) is 99.6 Å². The Morgan fingerprint density at radius 3 is 1.55 bits per heavy atom. The molecule has 0 heterocycles. The quantitative estimate of drug-likeness (QED) is 0.156. The molecule has 0 aromatic heterocycles. The summed E-state index contributed by atoms with van der Waals surface area (Å²) >= 11 is 0. The van der Waals surface area contributed by atoms with E-state index in [0.29, 0.717) is 0 Å². The van der Waals surface area contributed by atoms with E-state index in [2.05, 4.69) is 4.74 Å². The summed E-state index contributed by atoms with van der Waals surface area (Å²) in [6.07, 6.45) is -12.8. The summed E-state index contributed by atoms with van der Waals surface area (Å²) in [5.74, 6) is -5.19. The molecule has 3 aromatic carbocycles. The van der Waals surface area contributed by atoms with Gasteiger partial charge in [0, 0.05) is 0 Å². The maximum absolute atomic E-state index is 13.3. The van der Waals surface area contributed by atoms with Crippen LogP contribution in [0.5, 0.6) is 5.75 Å². The number of rotatable bonds is 9. The molecule has 3 rings (SSSR count). The van der Waals surface area contributed by atoms with E-state index in [0.717, 1.165) is 14.7 Å². The first-order valence-electron chi connectivity index (χ1n) is 10.5. The molecule has 0 fully saturated rings. The Morgan fingerprint density at radius 1 is 0.737 bits per heavy atom. The molecule has 0 radical (unpaired) electrons. The number of benzene rings is 3. The monoisotopic (exact) mass is 581 g/mol. The van der Waals surface area contributed by atoms with Gasteiger partial charge in [0.25, 0.3) is 10.1 Å². The number of halogens is 6. The number of ether oxygens (including phenoxy) is 2. The van der Waals surface area contributed by atoms with Crippen LogP contribution in [0.4, 0.5) is 26.3 Å². The number of hydrogen-bond acceptors (Lipinski definition) is 5. The molecule has 0 aliphatic heterocycles. The van der Waals surface area contributed by atoms with Crippen molar-refractivity contribution in [1.29, 1.82) is 0 Å². The molecular formula is C24H19F6O6S2+. The lowest BCUT2D eigenvalue weighted by Crippen LogP contribution is -2.63. The van der Waals surface area contributed by atoms with Crippen LogP contribution in [-0.2, 0) is 30.5 Å². The van der Waals surface area contributed by atoms with Crippen molar-refractivity contribution >= 4 is 27.0 Å². The summed E-state index contributed by atoms with van der Waals surface area (Å²) in [4.78, 5) is 14.7. The SMILES string of the molecule is O=C(COc1ccc([S+](c2ccccc2)c2ccccc2)cc1)OC(CS(=O)(=O)O)(C(F)(F)F)C(F)(F)F. The fourth-order valence-corrected chi connectivity index (χ4v) is 6.27. The van der Waals surface area contributed by atoms with Crippen LogP contribution < -0.4 is 4.74 Å². The fraction of sp³-hybridized carbons (Fsp3) is 0.208. The molecule has 6 nitrogen and oxygen atoms in total.